The molecule has 0 aromatic heterocycles. The largest absolute Gasteiger partial charge is 0.306 e. The molecule has 0 aliphatic heterocycles. The Hall–Kier alpha value is -1.39. The maximum atomic E-state index is 11.1. The Morgan fingerprint density at radius 2 is 1.16 bits per heavy atom. The lowest BCUT2D eigenvalue weighted by Crippen LogP contribution is -2.22. The number of hydrogen-bond acceptors (Lipinski definition) is 3. The number of carbonyl (C=O) groups is 1. The summed E-state index contributed by atoms with van der Waals surface area (Å²) in [6.45, 7) is 5.43. The summed E-state index contributed by atoms with van der Waals surface area (Å²) < 4.78 is 0. The van der Waals surface area contributed by atoms with Crippen LogP contribution in [0.5, 0.6) is 0 Å². The van der Waals surface area contributed by atoms with Crippen molar-refractivity contribution in [1.29, 1.82) is 0 Å². The first-order valence-electron chi connectivity index (χ1n) is 13.4. The number of hydroxylamine groups is 1. The first kappa shape index (κ1) is 28.6. The van der Waals surface area contributed by atoms with Gasteiger partial charge in [0.15, 0.2) is 0 Å². The Morgan fingerprint density at radius 1 is 0.688 bits per heavy atom. The lowest BCUT2D eigenvalue weighted by atomic mass is 10.1. The van der Waals surface area contributed by atoms with Gasteiger partial charge in [0.25, 0.3) is 0 Å². The summed E-state index contributed by atoms with van der Waals surface area (Å²) in [7, 11) is 2.28. The molecule has 0 N–H and O–H groups in total. The van der Waals surface area contributed by atoms with E-state index >= 15 is 0 Å². The van der Waals surface area contributed by atoms with Gasteiger partial charge in [0, 0.05) is 0 Å². The molecule has 0 fully saturated rings. The number of anilines is 1. The van der Waals surface area contributed by atoms with Crippen molar-refractivity contribution in [1.82, 2.24) is 4.90 Å². The van der Waals surface area contributed by atoms with E-state index in [9.17, 15) is 4.79 Å². The van der Waals surface area contributed by atoms with Crippen LogP contribution in [0.25, 0.3) is 0 Å². The molecule has 0 bridgehead atoms. The molecule has 0 heterocycles. The number of unbranched alkanes of at least 4 members (excludes halogenated alkanes) is 14. The third-order valence-electron chi connectivity index (χ3n) is 6.16. The SMILES string of the molecule is CCCCCCN(C)CCCCCCCCCCCCCCON(C=O)c1ccccc1. The number of carbonyl (C=O) groups excluding carboxylic acids is 1. The van der Waals surface area contributed by atoms with Crippen LogP contribution in [0.2, 0.25) is 0 Å². The second-order valence-corrected chi connectivity index (χ2v) is 9.21. The predicted octanol–water partition coefficient (Wildman–Crippen LogP) is 7.77. The van der Waals surface area contributed by atoms with E-state index < -0.39 is 0 Å². The van der Waals surface area contributed by atoms with Gasteiger partial charge in [-0.05, 0) is 51.5 Å². The Bertz CT molecular complexity index is 523. The number of benzene rings is 1. The molecule has 0 unspecified atom stereocenters. The first-order chi connectivity index (χ1) is 15.8. The fourth-order valence-corrected chi connectivity index (χ4v) is 4.08. The van der Waals surface area contributed by atoms with Gasteiger partial charge in [-0.25, -0.2) is 0 Å². The van der Waals surface area contributed by atoms with Gasteiger partial charge in [-0.3, -0.25) is 9.63 Å². The Kier molecular flexibility index (Phi) is 19.2. The smallest absolute Gasteiger partial charge is 0.238 e. The van der Waals surface area contributed by atoms with Crippen molar-refractivity contribution in [2.24, 2.45) is 0 Å². The van der Waals surface area contributed by atoms with Crippen molar-refractivity contribution in [3.63, 3.8) is 0 Å². The quantitative estimate of drug-likeness (QED) is 0.0977. The van der Waals surface area contributed by atoms with E-state index in [4.69, 9.17) is 4.84 Å². The van der Waals surface area contributed by atoms with Crippen molar-refractivity contribution in [3.8, 4) is 0 Å². The fraction of sp³-hybridized carbons (Fsp3) is 0.750. The lowest BCUT2D eigenvalue weighted by Gasteiger charge is -2.16. The highest BCUT2D eigenvalue weighted by Gasteiger charge is 2.04. The summed E-state index contributed by atoms with van der Waals surface area (Å²) in [5.41, 5.74) is 0.785. The van der Waals surface area contributed by atoms with E-state index in [1.807, 2.05) is 30.3 Å². The summed E-state index contributed by atoms with van der Waals surface area (Å²) >= 11 is 0. The number of para-hydroxylation sites is 1. The summed E-state index contributed by atoms with van der Waals surface area (Å²) in [5.74, 6) is 0. The number of amides is 1. The normalized spacial score (nSPS) is 11.2. The minimum atomic E-state index is 0.599. The van der Waals surface area contributed by atoms with Gasteiger partial charge >= 0.3 is 0 Å². The zero-order valence-electron chi connectivity index (χ0n) is 21.1. The Balaban J connectivity index is 1.79. The van der Waals surface area contributed by atoms with E-state index in [-0.39, 0.29) is 0 Å². The van der Waals surface area contributed by atoms with Crippen LogP contribution < -0.4 is 5.06 Å². The van der Waals surface area contributed by atoms with E-state index in [0.717, 1.165) is 18.5 Å². The molecule has 0 aliphatic rings. The highest BCUT2D eigenvalue weighted by molar-refractivity contribution is 5.71. The van der Waals surface area contributed by atoms with Crippen LogP contribution in [-0.4, -0.2) is 38.1 Å². The van der Waals surface area contributed by atoms with Crippen LogP contribution in [0.1, 0.15) is 110 Å². The summed E-state index contributed by atoms with van der Waals surface area (Å²) in [4.78, 5) is 19.2. The third kappa shape index (κ3) is 16.3. The van der Waals surface area contributed by atoms with Gasteiger partial charge in [0.2, 0.25) is 6.41 Å². The molecule has 1 aromatic carbocycles. The summed E-state index contributed by atoms with van der Waals surface area (Å²) in [5, 5.41) is 1.33. The highest BCUT2D eigenvalue weighted by atomic mass is 16.7. The predicted molar refractivity (Wildman–Crippen MR) is 138 cm³/mol. The summed E-state index contributed by atoms with van der Waals surface area (Å²) in [6, 6.07) is 9.51. The van der Waals surface area contributed by atoms with Crippen LogP contribution in [0.4, 0.5) is 5.69 Å². The highest BCUT2D eigenvalue weighted by Crippen LogP contribution is 2.14. The average molecular weight is 447 g/mol. The minimum absolute atomic E-state index is 0.599. The maximum Gasteiger partial charge on any atom is 0.238 e. The molecule has 1 amide bonds. The Labute approximate surface area is 198 Å². The average Bonchev–Trinajstić information content (AvgIpc) is 2.82. The first-order valence-corrected chi connectivity index (χ1v) is 13.4. The van der Waals surface area contributed by atoms with Crippen LogP contribution in [0.15, 0.2) is 30.3 Å². The molecule has 0 spiro atoms. The van der Waals surface area contributed by atoms with Crippen LogP contribution in [0, 0.1) is 0 Å². The maximum absolute atomic E-state index is 11.1. The molecule has 184 valence electrons. The van der Waals surface area contributed by atoms with Gasteiger partial charge in [-0.2, -0.15) is 5.06 Å². The van der Waals surface area contributed by atoms with Gasteiger partial charge < -0.3 is 4.90 Å². The molecule has 0 saturated heterocycles. The van der Waals surface area contributed by atoms with Gasteiger partial charge in [0.1, 0.15) is 0 Å². The molecule has 0 aliphatic carbocycles. The van der Waals surface area contributed by atoms with Crippen molar-refractivity contribution >= 4 is 12.1 Å². The standard InChI is InChI=1S/C28H50N2O2/c1-3-4-5-19-24-29(2)25-20-14-12-10-8-6-7-9-11-13-15-21-26-32-30(27-31)28-22-17-16-18-23-28/h16-18,22-23,27H,3-15,19-21,24-26H2,1-2H3. The van der Waals surface area contributed by atoms with Crippen molar-refractivity contribution in [3.05, 3.63) is 30.3 Å². The molecule has 1 rings (SSSR count). The monoisotopic (exact) mass is 446 g/mol. The topological polar surface area (TPSA) is 32.8 Å². The molecule has 0 atom stereocenters. The van der Waals surface area contributed by atoms with Crippen molar-refractivity contribution in [2.75, 3.05) is 31.8 Å². The van der Waals surface area contributed by atoms with Gasteiger partial charge in [0.05, 0.1) is 12.3 Å². The molecule has 0 radical (unpaired) electrons. The van der Waals surface area contributed by atoms with E-state index in [0.29, 0.717) is 6.61 Å². The fourth-order valence-electron chi connectivity index (χ4n) is 4.08. The zero-order valence-corrected chi connectivity index (χ0v) is 21.1. The van der Waals surface area contributed by atoms with E-state index in [2.05, 4.69) is 18.9 Å². The second-order valence-electron chi connectivity index (χ2n) is 9.21. The third-order valence-corrected chi connectivity index (χ3v) is 6.16. The van der Waals surface area contributed by atoms with E-state index in [1.54, 1.807) is 0 Å². The van der Waals surface area contributed by atoms with Crippen molar-refractivity contribution in [2.45, 2.75) is 110 Å². The molecule has 0 saturated carbocycles. The van der Waals surface area contributed by atoms with Crippen LogP contribution >= 0.6 is 0 Å². The molecular weight excluding hydrogens is 396 g/mol. The number of nitrogens with zero attached hydrogens (tertiary/aromatic N) is 2. The molecule has 4 heteroatoms. The molecule has 1 aromatic rings. The minimum Gasteiger partial charge on any atom is -0.306 e. The Morgan fingerprint density at radius 3 is 1.66 bits per heavy atom. The zero-order chi connectivity index (χ0) is 23.1. The van der Waals surface area contributed by atoms with Crippen LogP contribution in [0.3, 0.4) is 0 Å². The van der Waals surface area contributed by atoms with E-state index in [1.165, 1.54) is 114 Å². The van der Waals surface area contributed by atoms with Gasteiger partial charge in [-0.1, -0.05) is 109 Å². The number of hydrogen-bond donors (Lipinski definition) is 0. The lowest BCUT2D eigenvalue weighted by molar-refractivity contribution is -0.114. The summed E-state index contributed by atoms with van der Waals surface area (Å²) in [6.07, 6.45) is 22.1. The van der Waals surface area contributed by atoms with Gasteiger partial charge in [-0.15, -0.1) is 0 Å². The number of rotatable bonds is 23. The molecule has 32 heavy (non-hydrogen) atoms. The van der Waals surface area contributed by atoms with Crippen LogP contribution in [-0.2, 0) is 9.63 Å². The second kappa shape index (κ2) is 21.5. The molecule has 4 nitrogen and oxygen atoms in total. The van der Waals surface area contributed by atoms with Crippen molar-refractivity contribution < 1.29 is 9.63 Å². The molecular formula is C28H50N2O2.